The van der Waals surface area contributed by atoms with Crippen molar-refractivity contribution in [1.29, 1.82) is 0 Å². The van der Waals surface area contributed by atoms with Crippen molar-refractivity contribution >= 4 is 34.9 Å². The van der Waals surface area contributed by atoms with E-state index in [0.717, 1.165) is 16.8 Å². The second kappa shape index (κ2) is 8.71. The van der Waals surface area contributed by atoms with Crippen molar-refractivity contribution in [3.63, 3.8) is 0 Å². The predicted octanol–water partition coefficient (Wildman–Crippen LogP) is 3.91. The van der Waals surface area contributed by atoms with Crippen LogP contribution in [0.4, 0.5) is 5.69 Å². The Morgan fingerprint density at radius 3 is 2.48 bits per heavy atom. The van der Waals surface area contributed by atoms with Crippen LogP contribution in [0.1, 0.15) is 53.2 Å². The van der Waals surface area contributed by atoms with Gasteiger partial charge in [0.1, 0.15) is 11.9 Å². The molecule has 6 nitrogen and oxygen atoms in total. The van der Waals surface area contributed by atoms with Gasteiger partial charge in [-0.3, -0.25) is 9.59 Å². The summed E-state index contributed by atoms with van der Waals surface area (Å²) in [4.78, 5) is 39.3. The van der Waals surface area contributed by atoms with Gasteiger partial charge in [0.15, 0.2) is 5.78 Å². The average molecular weight is 441 g/mol. The van der Waals surface area contributed by atoms with E-state index in [0.29, 0.717) is 18.4 Å². The molecule has 31 heavy (non-hydrogen) atoms. The number of piperidine rings is 1. The third kappa shape index (κ3) is 3.69. The molecule has 2 aliphatic rings. The van der Waals surface area contributed by atoms with Gasteiger partial charge in [-0.05, 0) is 23.6 Å². The van der Waals surface area contributed by atoms with E-state index in [4.69, 9.17) is 16.3 Å². The first kappa shape index (κ1) is 21.4. The zero-order valence-corrected chi connectivity index (χ0v) is 18.3. The maximum Gasteiger partial charge on any atom is 0.328 e. The van der Waals surface area contributed by atoms with Crippen molar-refractivity contribution in [1.82, 2.24) is 4.90 Å². The van der Waals surface area contributed by atoms with E-state index in [1.807, 2.05) is 37.3 Å². The van der Waals surface area contributed by atoms with Crippen molar-refractivity contribution in [2.45, 2.75) is 43.8 Å². The van der Waals surface area contributed by atoms with Crippen molar-refractivity contribution in [3.05, 3.63) is 65.2 Å². The number of amides is 1. The summed E-state index contributed by atoms with van der Waals surface area (Å²) in [7, 11) is 1.33. The highest BCUT2D eigenvalue weighted by Gasteiger charge is 2.51. The number of ketones is 1. The number of carbonyl (C=O) groups is 3. The number of hydrogen-bond acceptors (Lipinski definition) is 5. The molecule has 2 aliphatic heterocycles. The molecule has 0 radical (unpaired) electrons. The maximum absolute atomic E-state index is 13.0. The van der Waals surface area contributed by atoms with Crippen LogP contribution in [0.3, 0.4) is 0 Å². The molecule has 7 heteroatoms. The summed E-state index contributed by atoms with van der Waals surface area (Å²) in [6.45, 7) is 1.82. The van der Waals surface area contributed by atoms with Crippen LogP contribution < -0.4 is 5.32 Å². The van der Waals surface area contributed by atoms with E-state index in [2.05, 4.69) is 11.4 Å². The highest BCUT2D eigenvalue weighted by Crippen LogP contribution is 2.50. The number of anilines is 1. The minimum Gasteiger partial charge on any atom is -0.467 e. The van der Waals surface area contributed by atoms with Gasteiger partial charge < -0.3 is 15.0 Å². The van der Waals surface area contributed by atoms with Crippen LogP contribution in [0, 0.1) is 0 Å². The van der Waals surface area contributed by atoms with Crippen molar-refractivity contribution in [2.24, 2.45) is 0 Å². The number of esters is 1. The molecule has 0 aromatic heterocycles. The zero-order chi connectivity index (χ0) is 22.1. The minimum absolute atomic E-state index is 0.0293. The van der Waals surface area contributed by atoms with E-state index >= 15 is 0 Å². The Kier molecular flexibility index (Phi) is 6.01. The first-order valence-corrected chi connectivity index (χ1v) is 11.0. The molecule has 0 spiro atoms. The Labute approximate surface area is 186 Å². The van der Waals surface area contributed by atoms with Gasteiger partial charge in [0.25, 0.3) is 0 Å². The third-order valence-electron chi connectivity index (χ3n) is 6.34. The average Bonchev–Trinajstić information content (AvgIpc) is 3.19. The van der Waals surface area contributed by atoms with Crippen LogP contribution in [0.5, 0.6) is 0 Å². The van der Waals surface area contributed by atoms with E-state index < -0.39 is 18.1 Å². The second-order valence-corrected chi connectivity index (χ2v) is 8.18. The second-order valence-electron chi connectivity index (χ2n) is 7.92. The lowest BCUT2D eigenvalue weighted by atomic mass is 9.77. The standard InChI is InChI=1S/C24H25ClN2O4/c1-3-20(28)14-8-10-15(11-9-14)23-22-17(16-6-4-5-7-18(16)26-22)12-19(24(30)31-2)27(23)21(29)13-25/h4-11,17,19,22-23,26H,3,12-13H2,1-2H3/t17?,19-,22?,23+/m1/s1. The minimum atomic E-state index is -0.743. The predicted molar refractivity (Wildman–Crippen MR) is 118 cm³/mol. The Hall–Kier alpha value is -2.86. The molecule has 4 atom stereocenters. The monoisotopic (exact) mass is 440 g/mol. The smallest absolute Gasteiger partial charge is 0.328 e. The Morgan fingerprint density at radius 2 is 1.84 bits per heavy atom. The lowest BCUT2D eigenvalue weighted by molar-refractivity contribution is -0.157. The number of para-hydroxylation sites is 1. The first-order valence-electron chi connectivity index (χ1n) is 10.4. The fourth-order valence-corrected chi connectivity index (χ4v) is 5.04. The molecule has 2 aromatic carbocycles. The van der Waals surface area contributed by atoms with E-state index in [9.17, 15) is 14.4 Å². The molecule has 2 heterocycles. The van der Waals surface area contributed by atoms with Gasteiger partial charge in [0, 0.05) is 23.6 Å². The lowest BCUT2D eigenvalue weighted by Crippen LogP contribution is -2.57. The molecular formula is C24H25ClN2O4. The molecule has 4 rings (SSSR count). The van der Waals surface area contributed by atoms with Gasteiger partial charge in [-0.2, -0.15) is 0 Å². The Balaban J connectivity index is 1.82. The van der Waals surface area contributed by atoms with Crippen molar-refractivity contribution in [3.8, 4) is 0 Å². The molecule has 2 aromatic rings. The summed E-state index contributed by atoms with van der Waals surface area (Å²) in [6.07, 6.45) is 0.874. The van der Waals surface area contributed by atoms with Crippen LogP contribution >= 0.6 is 11.6 Å². The third-order valence-corrected chi connectivity index (χ3v) is 6.57. The molecule has 2 unspecified atom stereocenters. The van der Waals surface area contributed by atoms with Crippen molar-refractivity contribution in [2.75, 3.05) is 18.3 Å². The largest absolute Gasteiger partial charge is 0.467 e. The number of methoxy groups -OCH3 is 1. The van der Waals surface area contributed by atoms with Crippen molar-refractivity contribution < 1.29 is 19.1 Å². The molecule has 0 saturated carbocycles. The van der Waals surface area contributed by atoms with E-state index in [1.165, 1.54) is 7.11 Å². The van der Waals surface area contributed by atoms with Crippen LogP contribution in [0.2, 0.25) is 0 Å². The van der Waals surface area contributed by atoms with Crippen LogP contribution in [-0.2, 0) is 14.3 Å². The number of carbonyl (C=O) groups excluding carboxylic acids is 3. The number of rotatable bonds is 5. The molecule has 162 valence electrons. The zero-order valence-electron chi connectivity index (χ0n) is 17.5. The summed E-state index contributed by atoms with van der Waals surface area (Å²) >= 11 is 5.96. The molecule has 1 amide bonds. The number of halogens is 1. The molecule has 1 N–H and O–H groups in total. The number of hydrogen-bond donors (Lipinski definition) is 1. The summed E-state index contributed by atoms with van der Waals surface area (Å²) < 4.78 is 5.06. The van der Waals surface area contributed by atoms with Gasteiger partial charge in [0.05, 0.1) is 19.2 Å². The molecular weight excluding hydrogens is 416 g/mol. The first-order chi connectivity index (χ1) is 15.0. The lowest BCUT2D eigenvalue weighted by Gasteiger charge is -2.47. The fraction of sp³-hybridized carbons (Fsp3) is 0.375. The van der Waals surface area contributed by atoms with Gasteiger partial charge >= 0.3 is 5.97 Å². The summed E-state index contributed by atoms with van der Waals surface area (Å²) in [5, 5.41) is 3.56. The Bertz CT molecular complexity index is 1010. The van der Waals surface area contributed by atoms with Crippen LogP contribution in [0.15, 0.2) is 48.5 Å². The number of ether oxygens (including phenoxy) is 1. The summed E-state index contributed by atoms with van der Waals surface area (Å²) in [6, 6.07) is 14.0. The van der Waals surface area contributed by atoms with Gasteiger partial charge in [-0.25, -0.2) is 4.79 Å². The molecule has 0 aliphatic carbocycles. The number of benzene rings is 2. The maximum atomic E-state index is 13.0. The molecule has 0 bridgehead atoms. The summed E-state index contributed by atoms with van der Waals surface area (Å²) in [5.74, 6) is -0.931. The highest BCUT2D eigenvalue weighted by atomic mass is 35.5. The Morgan fingerprint density at radius 1 is 1.13 bits per heavy atom. The van der Waals surface area contributed by atoms with Crippen LogP contribution in [-0.4, -0.2) is 47.6 Å². The summed E-state index contributed by atoms with van der Waals surface area (Å²) in [5.41, 5.74) is 3.60. The highest BCUT2D eigenvalue weighted by molar-refractivity contribution is 6.27. The number of nitrogens with zero attached hydrogens (tertiary/aromatic N) is 1. The topological polar surface area (TPSA) is 75.7 Å². The van der Waals surface area contributed by atoms with Gasteiger partial charge in [-0.15, -0.1) is 11.6 Å². The molecule has 1 fully saturated rings. The normalized spacial score (nSPS) is 24.0. The van der Waals surface area contributed by atoms with E-state index in [1.54, 1.807) is 17.0 Å². The van der Waals surface area contributed by atoms with Gasteiger partial charge in [0.2, 0.25) is 5.91 Å². The van der Waals surface area contributed by atoms with E-state index in [-0.39, 0.29) is 29.5 Å². The number of fused-ring (bicyclic) bond motifs is 3. The fourth-order valence-electron chi connectivity index (χ4n) is 4.90. The van der Waals surface area contributed by atoms with Crippen LogP contribution in [0.25, 0.3) is 0 Å². The number of nitrogens with one attached hydrogen (secondary N) is 1. The number of likely N-dealkylation sites (tertiary alicyclic amines) is 1. The number of Topliss-reactive ketones (excluding diaryl/α,β-unsaturated/α-hetero) is 1. The number of alkyl halides is 1. The molecule has 1 saturated heterocycles. The SMILES string of the molecule is CCC(=O)c1ccc([C@H]2C3Nc4ccccc4C3C[C@H](C(=O)OC)N2C(=O)CCl)cc1. The quantitative estimate of drug-likeness (QED) is 0.433. The van der Waals surface area contributed by atoms with Gasteiger partial charge in [-0.1, -0.05) is 49.4 Å².